The lowest BCUT2D eigenvalue weighted by Crippen LogP contribution is -2.50. The van der Waals surface area contributed by atoms with Crippen molar-refractivity contribution in [3.05, 3.63) is 231 Å². The maximum absolute atomic E-state index is 6.59. The van der Waals surface area contributed by atoms with Crippen LogP contribution in [-0.2, 0) is 58.2 Å². The van der Waals surface area contributed by atoms with Crippen LogP contribution in [0.3, 0.4) is 0 Å². The highest BCUT2D eigenvalue weighted by molar-refractivity contribution is 5.68. The highest BCUT2D eigenvalue weighted by Crippen LogP contribution is 2.52. The van der Waals surface area contributed by atoms with Crippen molar-refractivity contribution in [3.63, 3.8) is 0 Å². The minimum absolute atomic E-state index is 0.0424. The third kappa shape index (κ3) is 16.1. The first kappa shape index (κ1) is 78.0. The number of fused-ring (bicyclic) bond motifs is 12. The van der Waals surface area contributed by atoms with E-state index in [-0.39, 0.29) is 28.0 Å². The van der Waals surface area contributed by atoms with Gasteiger partial charge in [0.15, 0.2) is 0 Å². The highest BCUT2D eigenvalue weighted by atomic mass is 16.5. The number of aryl methyl sites for hydroxylation is 2. The van der Waals surface area contributed by atoms with Crippen LogP contribution < -0.4 is 23.7 Å². The molecule has 19 heterocycles. The second kappa shape index (κ2) is 32.6. The van der Waals surface area contributed by atoms with Crippen LogP contribution in [0.2, 0.25) is 0 Å². The van der Waals surface area contributed by atoms with Gasteiger partial charge in [-0.3, -0.25) is 9.80 Å². The third-order valence-electron chi connectivity index (χ3n) is 32.2. The van der Waals surface area contributed by atoms with Crippen molar-refractivity contribution in [1.29, 1.82) is 0 Å². The lowest BCUT2D eigenvalue weighted by atomic mass is 9.83. The monoisotopic (exact) mass is 1610 g/mol. The molecule has 14 nitrogen and oxygen atoms in total. The summed E-state index contributed by atoms with van der Waals surface area (Å²) in [5.74, 6) is 5.69. The summed E-state index contributed by atoms with van der Waals surface area (Å²) in [4.78, 5) is 22.9. The first-order chi connectivity index (χ1) is 58.8. The SMILES string of the molecule is Cc1ccc(-c2ccc3c(c2)CC2(CCN4CCCC4C2)O3)cc1.Cc1ccc2c(c1)CC1(CCN3CCCC3C1)O2.c1cc2c(cc1CN1CCCCC1)CC1(CCN3CCCC3C1)O2.c1ccc2c(c1)CCN(Cc1ccc3c(c1)CC1(CCN4CCCC4C1)O3)C2.c1cn2cc(-c3ccc4c(c3)CC3(CCN5CCCC5C3)O4)ccc2n1. The molecule has 7 aromatic carbocycles. The summed E-state index contributed by atoms with van der Waals surface area (Å²) in [5, 5.41) is 0. The second-order valence-electron chi connectivity index (χ2n) is 40.4. The molecule has 0 saturated carbocycles. The number of pyridine rings is 1. The van der Waals surface area contributed by atoms with E-state index in [1.165, 1.54) is 315 Å². The molecule has 0 aliphatic carbocycles. The molecule has 0 N–H and O–H groups in total. The Morgan fingerprint density at radius 2 is 0.708 bits per heavy atom. The summed E-state index contributed by atoms with van der Waals surface area (Å²) in [7, 11) is 0. The van der Waals surface area contributed by atoms with Crippen molar-refractivity contribution in [3.8, 4) is 51.0 Å². The Kier molecular flexibility index (Phi) is 21.2. The van der Waals surface area contributed by atoms with Gasteiger partial charge in [0, 0.05) is 204 Å². The number of ether oxygens (including phenoxy) is 5. The van der Waals surface area contributed by atoms with E-state index in [0.29, 0.717) is 0 Å². The molecule has 120 heavy (non-hydrogen) atoms. The van der Waals surface area contributed by atoms with Gasteiger partial charge in [0.2, 0.25) is 0 Å². The summed E-state index contributed by atoms with van der Waals surface area (Å²) < 4.78 is 34.7. The van der Waals surface area contributed by atoms with E-state index >= 15 is 0 Å². The number of nitrogens with zero attached hydrogens (tertiary/aromatic N) is 9. The Morgan fingerprint density at radius 3 is 1.18 bits per heavy atom. The average molecular weight is 1610 g/mol. The van der Waals surface area contributed by atoms with Gasteiger partial charge in [0.1, 0.15) is 62.4 Å². The van der Waals surface area contributed by atoms with Crippen LogP contribution >= 0.6 is 0 Å². The van der Waals surface area contributed by atoms with E-state index in [9.17, 15) is 0 Å². The summed E-state index contributed by atoms with van der Waals surface area (Å²) >= 11 is 0. The van der Waals surface area contributed by atoms with Crippen molar-refractivity contribution < 1.29 is 23.7 Å². The Hall–Kier alpha value is -8.05. The number of hydrogen-bond donors (Lipinski definition) is 0. The summed E-state index contributed by atoms with van der Waals surface area (Å²) in [6.45, 7) is 23.9. The van der Waals surface area contributed by atoms with Gasteiger partial charge in [-0.25, -0.2) is 4.98 Å². The van der Waals surface area contributed by atoms with E-state index in [0.717, 1.165) is 124 Å². The molecule has 0 radical (unpaired) electrons. The number of imidazole rings is 1. The molecule has 9 aromatic rings. The lowest BCUT2D eigenvalue weighted by molar-refractivity contribution is 0.00167. The van der Waals surface area contributed by atoms with Gasteiger partial charge in [-0.2, -0.15) is 0 Å². The van der Waals surface area contributed by atoms with Crippen molar-refractivity contribution in [2.45, 2.75) is 278 Å². The molecular formula is C106H129N9O5. The van der Waals surface area contributed by atoms with E-state index in [4.69, 9.17) is 23.7 Å². The summed E-state index contributed by atoms with van der Waals surface area (Å²) in [6, 6.07) is 59.9. The fourth-order valence-electron chi connectivity index (χ4n) is 25.9. The van der Waals surface area contributed by atoms with Gasteiger partial charge in [-0.15, -0.1) is 0 Å². The predicted molar refractivity (Wildman–Crippen MR) is 479 cm³/mol. The second-order valence-corrected chi connectivity index (χ2v) is 40.4. The molecule has 10 unspecified atom stereocenters. The van der Waals surface area contributed by atoms with Crippen molar-refractivity contribution in [2.24, 2.45) is 0 Å². The maximum Gasteiger partial charge on any atom is 0.136 e. The number of rotatable bonds is 6. The zero-order valence-electron chi connectivity index (χ0n) is 71.9. The van der Waals surface area contributed by atoms with Crippen LogP contribution in [0.25, 0.3) is 27.9 Å². The third-order valence-corrected chi connectivity index (χ3v) is 32.2. The first-order valence-electron chi connectivity index (χ1n) is 47.6. The van der Waals surface area contributed by atoms with Crippen LogP contribution in [-0.4, -0.2) is 187 Å². The Bertz CT molecular complexity index is 5210. The van der Waals surface area contributed by atoms with Gasteiger partial charge in [-0.1, -0.05) is 115 Å². The summed E-state index contributed by atoms with van der Waals surface area (Å²) in [6.07, 6.45) is 42.6. The Morgan fingerprint density at radius 1 is 0.325 bits per heavy atom. The minimum atomic E-state index is 0.0424. The van der Waals surface area contributed by atoms with Gasteiger partial charge in [-0.05, 0) is 270 Å². The van der Waals surface area contributed by atoms with Crippen LogP contribution in [0.5, 0.6) is 28.7 Å². The van der Waals surface area contributed by atoms with Crippen LogP contribution in [0, 0.1) is 13.8 Å². The fraction of sp³-hybridized carbons (Fsp3) is 0.538. The van der Waals surface area contributed by atoms with E-state index in [2.05, 4.69) is 215 Å². The zero-order chi connectivity index (χ0) is 80.0. The van der Waals surface area contributed by atoms with E-state index < -0.39 is 0 Å². The fourth-order valence-corrected chi connectivity index (χ4v) is 25.9. The normalized spacial score (nSPS) is 30.4. The van der Waals surface area contributed by atoms with Crippen molar-refractivity contribution >= 4 is 5.65 Å². The Labute approximate surface area is 714 Å². The van der Waals surface area contributed by atoms with Crippen molar-refractivity contribution in [2.75, 3.05) is 85.1 Å². The number of aromatic nitrogens is 2. The topological polar surface area (TPSA) is 86.1 Å². The molecule has 2 aromatic heterocycles. The quantitative estimate of drug-likeness (QED) is 0.159. The molecule has 5 spiro atoms. The van der Waals surface area contributed by atoms with Crippen molar-refractivity contribution in [1.82, 2.24) is 43.7 Å². The smallest absolute Gasteiger partial charge is 0.136 e. The standard InChI is InChI=1S/C25H30N2O.C22H23N3O.C22H25NO.C21H30N2O.C16H21NO/c1-2-5-21-18-26(12-9-20(21)4-1)17-19-7-8-24-22(14-19)15-25(28-24)10-13-27-11-3-6-23(27)16-25;1-2-19-14-22(7-10-24(19)9-1)13-18-12-16(3-5-20(18)26-22)17-4-6-21-23-8-11-25(21)15-17;1-16-4-6-17(7-5-16)18-8-9-21-19(13-18)14-22(24-21)10-12-23-11-2-3-20(23)15-22;1-2-9-22(10-3-1)16-17-6-7-20-18(13-17)14-21(24-20)8-12-23-11-4-5-19(23)15-21;1-12-4-5-15-13(9-12)10-16(18-15)6-8-17-7-2-3-14(17)11-16/h1-2,4-5,7-8,14,23H,3,6,9-13,15-18H2;3-6,8,11-12,15,19H,1-2,7,9-10,13-14H2;4-9,13,20H,2-3,10-12,14-15H2,1H3;6-7,13,19H,1-5,8-12,14-16H2;4-5,9,14H,2-3,6-8,10-11H2,1H3. The molecule has 10 atom stereocenters. The van der Waals surface area contributed by atoms with Crippen LogP contribution in [0.1, 0.15) is 209 Å². The number of likely N-dealkylation sites (tertiary alicyclic amines) is 1. The molecule has 0 bridgehead atoms. The zero-order valence-corrected chi connectivity index (χ0v) is 71.9. The van der Waals surface area contributed by atoms with Gasteiger partial charge in [0.05, 0.1) is 0 Å². The van der Waals surface area contributed by atoms with E-state index in [1.807, 2.05) is 12.4 Å². The molecule has 11 saturated heterocycles. The maximum atomic E-state index is 6.59. The molecule has 17 aliphatic heterocycles. The molecule has 0 amide bonds. The number of hydrogen-bond acceptors (Lipinski definition) is 13. The molecule has 628 valence electrons. The highest BCUT2D eigenvalue weighted by Gasteiger charge is 2.52. The molecular weight excluding hydrogens is 1480 g/mol. The average Bonchev–Trinajstić information content (AvgIpc) is 1.62. The first-order valence-corrected chi connectivity index (χ1v) is 47.6. The molecule has 11 fully saturated rings. The predicted octanol–water partition coefficient (Wildman–Crippen LogP) is 19.2. The molecule has 26 rings (SSSR count). The lowest BCUT2D eigenvalue weighted by Gasteiger charge is -2.41. The summed E-state index contributed by atoms with van der Waals surface area (Å²) in [5.41, 5.74) is 22.3. The molecule has 17 aliphatic rings. The van der Waals surface area contributed by atoms with E-state index in [1.54, 1.807) is 0 Å². The number of benzene rings is 7. The minimum Gasteiger partial charge on any atom is -0.487 e. The Balaban J connectivity index is 0.0000000906. The van der Waals surface area contributed by atoms with Gasteiger partial charge in [0.25, 0.3) is 0 Å². The van der Waals surface area contributed by atoms with Gasteiger partial charge >= 0.3 is 0 Å². The van der Waals surface area contributed by atoms with Gasteiger partial charge < -0.3 is 52.6 Å². The molecule has 14 heteroatoms. The number of piperidine rings is 6. The van der Waals surface area contributed by atoms with Crippen LogP contribution in [0.4, 0.5) is 0 Å². The van der Waals surface area contributed by atoms with Crippen LogP contribution in [0.15, 0.2) is 170 Å². The largest absolute Gasteiger partial charge is 0.487 e.